The number of nitrogens with one attached hydrogen (secondary N) is 2. The molecule has 2 heterocycles. The summed E-state index contributed by atoms with van der Waals surface area (Å²) in [5, 5.41) is 4.09. The molecule has 2 aromatic heterocycles. The largest absolute Gasteiger partial charge is 0.341 e. The fourth-order valence-electron chi connectivity index (χ4n) is 2.09. The Bertz CT molecular complexity index is 885. The van der Waals surface area contributed by atoms with Crippen molar-refractivity contribution in [1.82, 2.24) is 19.9 Å². The Morgan fingerprint density at radius 3 is 2.92 bits per heavy atom. The number of aromatic nitrogens is 4. The summed E-state index contributed by atoms with van der Waals surface area (Å²) in [5.74, 6) is -0.155. The third-order valence-corrected chi connectivity index (χ3v) is 5.21. The second kappa shape index (κ2) is 7.38. The summed E-state index contributed by atoms with van der Waals surface area (Å²) in [6.45, 7) is 1.94. The van der Waals surface area contributed by atoms with Gasteiger partial charge in [0.25, 0.3) is 0 Å². The predicted molar refractivity (Wildman–Crippen MR) is 96.7 cm³/mol. The van der Waals surface area contributed by atoms with Crippen LogP contribution in [-0.4, -0.2) is 31.1 Å². The minimum absolute atomic E-state index is 0.155. The molecule has 9 heteroatoms. The first-order valence-corrected chi connectivity index (χ1v) is 8.78. The molecule has 3 aromatic rings. The van der Waals surface area contributed by atoms with Crippen LogP contribution >= 0.6 is 35.0 Å². The molecule has 2 N–H and O–H groups in total. The first kappa shape index (κ1) is 17.0. The van der Waals surface area contributed by atoms with Crippen LogP contribution in [0.4, 0.5) is 5.69 Å². The Hall–Kier alpha value is -1.83. The first-order chi connectivity index (χ1) is 11.6. The normalized spacial score (nSPS) is 12.3. The number of aromatic amines is 1. The summed E-state index contributed by atoms with van der Waals surface area (Å²) in [6, 6.07) is 4.94. The highest BCUT2D eigenvalue weighted by Crippen LogP contribution is 2.30. The molecule has 0 saturated carbocycles. The van der Waals surface area contributed by atoms with Crippen molar-refractivity contribution >= 4 is 57.7 Å². The van der Waals surface area contributed by atoms with Crippen molar-refractivity contribution in [1.29, 1.82) is 0 Å². The van der Waals surface area contributed by atoms with E-state index in [0.29, 0.717) is 32.8 Å². The second-order valence-corrected chi connectivity index (χ2v) is 6.94. The molecule has 1 atom stereocenters. The number of amides is 1. The number of fused-ring (bicyclic) bond motifs is 1. The molecule has 0 aliphatic rings. The van der Waals surface area contributed by atoms with Crippen LogP contribution in [0.15, 0.2) is 35.9 Å². The predicted octanol–water partition coefficient (Wildman–Crippen LogP) is 4.17. The highest BCUT2D eigenvalue weighted by Gasteiger charge is 2.21. The van der Waals surface area contributed by atoms with Gasteiger partial charge in [-0.2, -0.15) is 0 Å². The minimum atomic E-state index is -0.335. The quantitative estimate of drug-likeness (QED) is 0.511. The van der Waals surface area contributed by atoms with E-state index >= 15 is 0 Å². The highest BCUT2D eigenvalue weighted by atomic mass is 35.5. The van der Waals surface area contributed by atoms with Crippen LogP contribution in [0.2, 0.25) is 10.0 Å². The molecule has 0 unspecified atom stereocenters. The molecule has 0 bridgehead atoms. The van der Waals surface area contributed by atoms with Gasteiger partial charge in [-0.05, 0) is 24.6 Å². The number of H-pyrrole nitrogens is 1. The number of nitrogens with zero attached hydrogens (tertiary/aromatic N) is 3. The van der Waals surface area contributed by atoms with Gasteiger partial charge in [0, 0.05) is 5.02 Å². The fraction of sp³-hybridized carbons (Fsp3) is 0.200. The van der Waals surface area contributed by atoms with E-state index in [1.54, 1.807) is 24.5 Å². The zero-order valence-corrected chi connectivity index (χ0v) is 14.9. The molecule has 24 heavy (non-hydrogen) atoms. The van der Waals surface area contributed by atoms with Gasteiger partial charge in [-0.1, -0.05) is 41.9 Å². The van der Waals surface area contributed by atoms with Crippen molar-refractivity contribution < 1.29 is 4.79 Å². The number of carbonyl (C=O) groups excluding carboxylic acids is 1. The summed E-state index contributed by atoms with van der Waals surface area (Å²) in [6.07, 6.45) is 3.62. The SMILES string of the molecule is CC[C@H](Sc1ncnc2nc[nH]c12)C(=O)Nc1ccc(Cl)cc1Cl. The van der Waals surface area contributed by atoms with E-state index in [0.717, 1.165) is 5.52 Å². The van der Waals surface area contributed by atoms with Crippen molar-refractivity contribution in [2.75, 3.05) is 5.32 Å². The highest BCUT2D eigenvalue weighted by molar-refractivity contribution is 8.00. The Balaban J connectivity index is 1.78. The Kier molecular flexibility index (Phi) is 5.23. The second-order valence-electron chi connectivity index (χ2n) is 4.91. The summed E-state index contributed by atoms with van der Waals surface area (Å²) >= 11 is 13.3. The minimum Gasteiger partial charge on any atom is -0.341 e. The third kappa shape index (κ3) is 3.63. The lowest BCUT2D eigenvalue weighted by Crippen LogP contribution is -2.24. The number of imidazole rings is 1. The van der Waals surface area contributed by atoms with E-state index in [9.17, 15) is 4.79 Å². The van der Waals surface area contributed by atoms with Gasteiger partial charge in [-0.15, -0.1) is 0 Å². The van der Waals surface area contributed by atoms with Gasteiger partial charge < -0.3 is 10.3 Å². The molecule has 0 aliphatic carbocycles. The number of benzene rings is 1. The number of hydrogen-bond acceptors (Lipinski definition) is 5. The number of hydrogen-bond donors (Lipinski definition) is 2. The van der Waals surface area contributed by atoms with Gasteiger partial charge in [-0.3, -0.25) is 4.79 Å². The molecule has 124 valence electrons. The average molecular weight is 382 g/mol. The monoisotopic (exact) mass is 381 g/mol. The van der Waals surface area contributed by atoms with Crippen molar-refractivity contribution in [3.63, 3.8) is 0 Å². The maximum absolute atomic E-state index is 12.6. The van der Waals surface area contributed by atoms with Crippen LogP contribution in [-0.2, 0) is 4.79 Å². The zero-order valence-electron chi connectivity index (χ0n) is 12.6. The summed E-state index contributed by atoms with van der Waals surface area (Å²) < 4.78 is 0. The first-order valence-electron chi connectivity index (χ1n) is 7.15. The Morgan fingerprint density at radius 1 is 1.33 bits per heavy atom. The van der Waals surface area contributed by atoms with E-state index < -0.39 is 0 Å². The average Bonchev–Trinajstić information content (AvgIpc) is 3.04. The summed E-state index contributed by atoms with van der Waals surface area (Å²) in [5.41, 5.74) is 1.82. The van der Waals surface area contributed by atoms with Crippen molar-refractivity contribution in [2.24, 2.45) is 0 Å². The number of rotatable bonds is 5. The Morgan fingerprint density at radius 2 is 2.17 bits per heavy atom. The van der Waals surface area contributed by atoms with Gasteiger partial charge in [0.2, 0.25) is 5.91 Å². The molecule has 6 nitrogen and oxygen atoms in total. The summed E-state index contributed by atoms with van der Waals surface area (Å²) in [4.78, 5) is 28.0. The maximum atomic E-state index is 12.6. The topological polar surface area (TPSA) is 83.6 Å². The van der Waals surface area contributed by atoms with Gasteiger partial charge in [-0.25, -0.2) is 15.0 Å². The van der Waals surface area contributed by atoms with E-state index in [1.807, 2.05) is 6.92 Å². The number of halogens is 2. The number of thioether (sulfide) groups is 1. The van der Waals surface area contributed by atoms with E-state index in [4.69, 9.17) is 23.2 Å². The van der Waals surface area contributed by atoms with Crippen LogP contribution in [0, 0.1) is 0 Å². The molecule has 1 amide bonds. The lowest BCUT2D eigenvalue weighted by atomic mass is 10.2. The molecule has 3 rings (SSSR count). The van der Waals surface area contributed by atoms with Crippen LogP contribution < -0.4 is 5.32 Å². The zero-order chi connectivity index (χ0) is 17.1. The van der Waals surface area contributed by atoms with Gasteiger partial charge in [0.15, 0.2) is 5.65 Å². The molecule has 0 radical (unpaired) electrons. The molecular weight excluding hydrogens is 369 g/mol. The molecule has 0 aliphatic heterocycles. The fourth-order valence-corrected chi connectivity index (χ4v) is 3.53. The molecular formula is C15H13Cl2N5OS. The number of carbonyl (C=O) groups is 1. The standard InChI is InChI=1S/C15H13Cl2N5OS/c1-2-11(14(23)22-10-4-3-8(16)5-9(10)17)24-15-12-13(19-6-18-12)20-7-21-15/h3-7,11H,2H2,1H3,(H,22,23)(H,18,19,20,21)/t11-/m0/s1. The molecule has 0 spiro atoms. The lowest BCUT2D eigenvalue weighted by molar-refractivity contribution is -0.115. The van der Waals surface area contributed by atoms with Crippen molar-refractivity contribution in [2.45, 2.75) is 23.6 Å². The van der Waals surface area contributed by atoms with E-state index in [1.165, 1.54) is 18.1 Å². The lowest BCUT2D eigenvalue weighted by Gasteiger charge is -2.15. The van der Waals surface area contributed by atoms with Crippen LogP contribution in [0.5, 0.6) is 0 Å². The van der Waals surface area contributed by atoms with Crippen LogP contribution in [0.25, 0.3) is 11.2 Å². The third-order valence-electron chi connectivity index (χ3n) is 3.29. The van der Waals surface area contributed by atoms with Crippen molar-refractivity contribution in [3.8, 4) is 0 Å². The molecule has 0 saturated heterocycles. The molecule has 1 aromatic carbocycles. The van der Waals surface area contributed by atoms with Gasteiger partial charge in [0.05, 0.1) is 22.3 Å². The smallest absolute Gasteiger partial charge is 0.237 e. The molecule has 0 fully saturated rings. The number of anilines is 1. The van der Waals surface area contributed by atoms with Crippen LogP contribution in [0.3, 0.4) is 0 Å². The van der Waals surface area contributed by atoms with Gasteiger partial charge in [0.1, 0.15) is 16.9 Å². The van der Waals surface area contributed by atoms with Crippen LogP contribution in [0.1, 0.15) is 13.3 Å². The maximum Gasteiger partial charge on any atom is 0.237 e. The summed E-state index contributed by atoms with van der Waals surface area (Å²) in [7, 11) is 0. The van der Waals surface area contributed by atoms with Gasteiger partial charge >= 0.3 is 0 Å². The Labute approximate surface area is 152 Å². The van der Waals surface area contributed by atoms with E-state index in [-0.39, 0.29) is 11.2 Å². The van der Waals surface area contributed by atoms with Crippen molar-refractivity contribution in [3.05, 3.63) is 40.9 Å². The van der Waals surface area contributed by atoms with E-state index in [2.05, 4.69) is 25.3 Å².